The fraction of sp³-hybridized carbons (Fsp3) is 0.633. The number of ether oxygens (including phenoxy) is 4. The Morgan fingerprint density at radius 1 is 0.875 bits per heavy atom. The van der Waals surface area contributed by atoms with Crippen molar-refractivity contribution < 1.29 is 65.7 Å². The number of anilines is 1. The van der Waals surface area contributed by atoms with Gasteiger partial charge in [-0.25, -0.2) is 32.4 Å². The van der Waals surface area contributed by atoms with E-state index in [1.165, 1.54) is 39.7 Å². The average Bonchev–Trinajstić information content (AvgIpc) is 4.16. The predicted octanol–water partition coefficient (Wildman–Crippen LogP) is 6.70. The Morgan fingerprint density at radius 2 is 1.46 bits per heavy atom. The number of nitrogens with one attached hydrogen (secondary N) is 4. The summed E-state index contributed by atoms with van der Waals surface area (Å²) in [6, 6.07) is -2.52. The Labute approximate surface area is 427 Å². The highest BCUT2D eigenvalue weighted by atomic mass is 32.2. The normalized spacial score (nSPS) is 21.6. The molecule has 0 bridgehead atoms. The molecule has 1 unspecified atom stereocenters. The molecule has 0 radical (unpaired) electrons. The van der Waals surface area contributed by atoms with E-state index in [9.17, 15) is 46.8 Å². The Hall–Kier alpha value is -5.64. The number of aliphatic imine (C=N–C) groups is 1. The van der Waals surface area contributed by atoms with E-state index in [0.717, 1.165) is 65.8 Å². The van der Waals surface area contributed by atoms with E-state index in [2.05, 4.69) is 32.2 Å². The number of likely N-dealkylation sites (tertiary alicyclic amines) is 1. The molecule has 1 aliphatic heterocycles. The van der Waals surface area contributed by atoms with Crippen molar-refractivity contribution in [2.45, 2.75) is 167 Å². The van der Waals surface area contributed by atoms with Gasteiger partial charge in [0.15, 0.2) is 0 Å². The molecular formula is C49H66N6O14S3. The van der Waals surface area contributed by atoms with Crippen molar-refractivity contribution in [2.24, 2.45) is 16.3 Å². The third-order valence-electron chi connectivity index (χ3n) is 12.8. The number of sulfonamides is 1. The summed E-state index contributed by atoms with van der Waals surface area (Å²) in [5, 5.41) is 8.07. The number of carbonyl (C=O) groups excluding carboxylic acids is 8. The first-order chi connectivity index (χ1) is 33.9. The van der Waals surface area contributed by atoms with Gasteiger partial charge < -0.3 is 34.5 Å². The van der Waals surface area contributed by atoms with Crippen LogP contribution in [0.25, 0.3) is 0 Å². The van der Waals surface area contributed by atoms with Gasteiger partial charge in [-0.2, -0.15) is 4.99 Å². The number of nitrogens with zero attached hydrogens (tertiary/aromatic N) is 2. The molecule has 4 aliphatic carbocycles. The molecule has 72 heavy (non-hydrogen) atoms. The van der Waals surface area contributed by atoms with Crippen LogP contribution in [0.4, 0.5) is 19.6 Å². The molecule has 3 fully saturated rings. The molecule has 23 heteroatoms. The minimum absolute atomic E-state index is 0.0790. The maximum atomic E-state index is 14.4. The molecular weight excluding hydrogens is 993 g/mol. The molecule has 1 saturated heterocycles. The van der Waals surface area contributed by atoms with Gasteiger partial charge in [0.25, 0.3) is 5.91 Å². The molecule has 394 valence electrons. The molecule has 5 atom stereocenters. The number of fused-ring (bicyclic) bond motifs is 2. The maximum absolute atomic E-state index is 14.4. The van der Waals surface area contributed by atoms with Crippen LogP contribution in [-0.4, -0.2) is 116 Å². The molecule has 2 aromatic rings. The van der Waals surface area contributed by atoms with Crippen molar-refractivity contribution in [3.63, 3.8) is 0 Å². The largest absolute Gasteiger partial charge is 0.462 e. The van der Waals surface area contributed by atoms with E-state index in [4.69, 9.17) is 18.9 Å². The van der Waals surface area contributed by atoms with Crippen LogP contribution in [0.2, 0.25) is 0 Å². The first-order valence-electron chi connectivity index (χ1n) is 24.4. The lowest BCUT2D eigenvalue weighted by atomic mass is 9.85. The highest BCUT2D eigenvalue weighted by Crippen LogP contribution is 2.46. The first-order valence-corrected chi connectivity index (χ1v) is 27.5. The monoisotopic (exact) mass is 1060 g/mol. The van der Waals surface area contributed by atoms with E-state index in [-0.39, 0.29) is 42.5 Å². The number of alkyl carbamates (subject to hydrolysis) is 1. The van der Waals surface area contributed by atoms with Crippen molar-refractivity contribution in [3.05, 3.63) is 44.7 Å². The number of amides is 5. The van der Waals surface area contributed by atoms with Gasteiger partial charge >= 0.3 is 24.1 Å². The van der Waals surface area contributed by atoms with Gasteiger partial charge in [0.1, 0.15) is 44.9 Å². The molecule has 5 amide bonds. The Kier molecular flexibility index (Phi) is 17.5. The Morgan fingerprint density at radius 3 is 2.00 bits per heavy atom. The summed E-state index contributed by atoms with van der Waals surface area (Å²) in [6.07, 6.45) is 8.14. The highest BCUT2D eigenvalue weighted by Gasteiger charge is 2.62. The van der Waals surface area contributed by atoms with Gasteiger partial charge in [0, 0.05) is 22.1 Å². The average molecular weight is 1060 g/mol. The maximum Gasteiger partial charge on any atom is 0.412 e. The number of hydrogen-bond donors (Lipinski definition) is 4. The number of hydrogen-bond acceptors (Lipinski definition) is 17. The number of isocyanates is 1. The lowest BCUT2D eigenvalue weighted by molar-refractivity contribution is -0.143. The first kappa shape index (κ1) is 55.7. The quantitative estimate of drug-likeness (QED) is 0.0475. The SMILES string of the molecule is C=CC1C[C@]1(NC(=O)[C@@H]1C[C@@H](OC(=O)Nc2sc3c(c2C(=O)OCC)CCCC3)CN1C(=O)[C@@H](NC(=O)OC(C)(C)C)C(C)(C)C)C(=O)NS(=O)(=O)C1CC1.CCOC(=O)c1c(N=C=O)sc2c1CCCC2. The van der Waals surface area contributed by atoms with Gasteiger partial charge in [-0.15, -0.1) is 29.3 Å². The second-order valence-electron chi connectivity index (χ2n) is 20.5. The Balaban J connectivity index is 0.000000418. The van der Waals surface area contributed by atoms with Gasteiger partial charge in [-0.05, 0) is 122 Å². The van der Waals surface area contributed by atoms with Crippen LogP contribution >= 0.6 is 22.7 Å². The molecule has 20 nitrogen and oxygen atoms in total. The summed E-state index contributed by atoms with van der Waals surface area (Å²) in [5.41, 5.74) is -0.772. The standard InChI is InChI=1S/C37H53N5O11S2.C12H13NO3S/c1-9-20-18-37(20,32(46)41-55(49,50)22-15-16-22)40-28(43)24-17-21(19-42(24)30(44)27(35(3,4)5)38-34(48)53-36(6,7)8)52-33(47)39-29-26(31(45)51-10-2)23-13-11-12-14-25(23)54-29;1-2-16-12(15)10-8-5-3-4-6-9(8)17-11(10)13-7-14/h9,20-22,24,27H,1,10-19H2,2-8H3,(H,38,48)(H,39,47)(H,40,43)(H,41,46);2-6H2,1H3/t20?,21-,24+,27-,37-;/m1./s1. The molecule has 2 aromatic heterocycles. The lowest BCUT2D eigenvalue weighted by Crippen LogP contribution is -2.60. The number of thiophene rings is 2. The zero-order valence-electron chi connectivity index (χ0n) is 42.1. The topological polar surface area (TPSA) is 271 Å². The molecule has 4 N–H and O–H groups in total. The lowest BCUT2D eigenvalue weighted by Gasteiger charge is -2.36. The summed E-state index contributed by atoms with van der Waals surface area (Å²) >= 11 is 2.69. The number of rotatable bonds is 15. The van der Waals surface area contributed by atoms with E-state index in [1.807, 2.05) is 0 Å². The van der Waals surface area contributed by atoms with Crippen molar-refractivity contribution in [1.82, 2.24) is 20.3 Å². The van der Waals surface area contributed by atoms with Crippen LogP contribution in [0, 0.1) is 11.3 Å². The second kappa shape index (κ2) is 22.6. The van der Waals surface area contributed by atoms with Crippen LogP contribution in [0.15, 0.2) is 17.6 Å². The van der Waals surface area contributed by atoms with E-state index in [1.54, 1.807) is 55.4 Å². The zero-order chi connectivity index (χ0) is 52.9. The van der Waals surface area contributed by atoms with Gasteiger partial charge in [0.2, 0.25) is 27.9 Å². The molecule has 7 rings (SSSR count). The minimum atomic E-state index is -3.95. The molecule has 5 aliphatic rings. The van der Waals surface area contributed by atoms with Crippen LogP contribution in [0.3, 0.4) is 0 Å². The smallest absolute Gasteiger partial charge is 0.412 e. The fourth-order valence-electron chi connectivity index (χ4n) is 9.07. The van der Waals surface area contributed by atoms with Crippen molar-refractivity contribution in [2.75, 3.05) is 25.1 Å². The van der Waals surface area contributed by atoms with Gasteiger partial charge in [0.05, 0.1) is 30.6 Å². The molecule has 2 saturated carbocycles. The number of aryl methyl sites for hydroxylation is 2. The summed E-state index contributed by atoms with van der Waals surface area (Å²) in [6.45, 7) is 17.6. The van der Waals surface area contributed by atoms with Crippen molar-refractivity contribution >= 4 is 90.6 Å². The van der Waals surface area contributed by atoms with E-state index < -0.39 is 91.8 Å². The third kappa shape index (κ3) is 13.1. The number of carbonyl (C=O) groups is 7. The fourth-order valence-corrected chi connectivity index (χ4v) is 12.9. The summed E-state index contributed by atoms with van der Waals surface area (Å²) < 4.78 is 49.0. The second-order valence-corrected chi connectivity index (χ2v) is 24.6. The van der Waals surface area contributed by atoms with E-state index >= 15 is 0 Å². The van der Waals surface area contributed by atoms with Crippen LogP contribution in [-0.2, 0) is 73.8 Å². The summed E-state index contributed by atoms with van der Waals surface area (Å²) in [7, 11) is -3.95. The van der Waals surface area contributed by atoms with Gasteiger partial charge in [-0.3, -0.25) is 24.4 Å². The van der Waals surface area contributed by atoms with Crippen LogP contribution in [0.5, 0.6) is 0 Å². The van der Waals surface area contributed by atoms with Crippen LogP contribution in [0.1, 0.15) is 148 Å². The van der Waals surface area contributed by atoms with Crippen molar-refractivity contribution in [1.29, 1.82) is 0 Å². The van der Waals surface area contributed by atoms with E-state index in [0.29, 0.717) is 36.4 Å². The third-order valence-corrected chi connectivity index (χ3v) is 17.0. The molecule has 0 aromatic carbocycles. The molecule has 3 heterocycles. The summed E-state index contributed by atoms with van der Waals surface area (Å²) in [4.78, 5) is 111. The number of esters is 2. The predicted molar refractivity (Wildman–Crippen MR) is 268 cm³/mol. The Bertz CT molecular complexity index is 2620. The minimum Gasteiger partial charge on any atom is -0.462 e. The van der Waals surface area contributed by atoms with Crippen molar-refractivity contribution in [3.8, 4) is 0 Å². The highest BCUT2D eigenvalue weighted by molar-refractivity contribution is 7.91. The summed E-state index contributed by atoms with van der Waals surface area (Å²) in [5.74, 6) is -3.89. The molecule has 0 spiro atoms. The van der Waals surface area contributed by atoms with Crippen LogP contribution < -0.4 is 20.7 Å². The zero-order valence-corrected chi connectivity index (χ0v) is 44.6. The van der Waals surface area contributed by atoms with Gasteiger partial charge in [-0.1, -0.05) is 26.8 Å².